The molecular weight excluding hydrogens is 410 g/mol. The van der Waals surface area contributed by atoms with Crippen LogP contribution in [0.15, 0.2) is 121 Å². The molecule has 0 spiro atoms. The van der Waals surface area contributed by atoms with Gasteiger partial charge in [0.05, 0.1) is 5.52 Å². The molecule has 0 saturated carbocycles. The zero-order chi connectivity index (χ0) is 22.9. The molecule has 1 aromatic heterocycles. The van der Waals surface area contributed by atoms with Gasteiger partial charge in [0.2, 0.25) is 0 Å². The number of hydrogen-bond donors (Lipinski definition) is 0. The zero-order valence-corrected chi connectivity index (χ0v) is 19.2. The van der Waals surface area contributed by atoms with Gasteiger partial charge in [0.25, 0.3) is 0 Å². The van der Waals surface area contributed by atoms with Gasteiger partial charge in [-0.05, 0) is 68.8 Å². The minimum absolute atomic E-state index is 1.02. The van der Waals surface area contributed by atoms with Crippen LogP contribution in [0.2, 0.25) is 0 Å². The van der Waals surface area contributed by atoms with Crippen LogP contribution in [0.3, 0.4) is 0 Å². The summed E-state index contributed by atoms with van der Waals surface area (Å²) < 4.78 is 0. The highest BCUT2D eigenvalue weighted by Crippen LogP contribution is 2.30. The molecule has 0 aliphatic carbocycles. The third-order valence-electron chi connectivity index (χ3n) is 6.68. The minimum Gasteiger partial charge on any atom is -0.256 e. The molecule has 34 heavy (non-hydrogen) atoms. The average molecular weight is 436 g/mol. The summed E-state index contributed by atoms with van der Waals surface area (Å²) in [4.78, 5) is 4.79. The average Bonchev–Trinajstić information content (AvgIpc) is 2.92. The lowest BCUT2D eigenvalue weighted by molar-refractivity contribution is 1.14. The maximum Gasteiger partial charge on any atom is 0.0708 e. The molecule has 1 heteroatoms. The van der Waals surface area contributed by atoms with E-state index >= 15 is 0 Å². The minimum atomic E-state index is 1.02. The van der Waals surface area contributed by atoms with Gasteiger partial charge in [-0.15, -0.1) is 0 Å². The third-order valence-corrected chi connectivity index (χ3v) is 6.68. The number of rotatable bonds is 4. The van der Waals surface area contributed by atoms with Gasteiger partial charge in [-0.2, -0.15) is 0 Å². The van der Waals surface area contributed by atoms with Gasteiger partial charge in [0.1, 0.15) is 0 Å². The Morgan fingerprint density at radius 2 is 1.00 bits per heavy atom. The van der Waals surface area contributed by atoms with E-state index in [2.05, 4.69) is 122 Å². The predicted molar refractivity (Wildman–Crippen MR) is 145 cm³/mol. The second kappa shape index (κ2) is 8.61. The summed E-state index contributed by atoms with van der Waals surface area (Å²) in [5, 5.41) is 3.69. The van der Waals surface area contributed by atoms with E-state index in [-0.39, 0.29) is 0 Å². The van der Waals surface area contributed by atoms with Crippen LogP contribution in [-0.2, 0) is 6.42 Å². The van der Waals surface area contributed by atoms with E-state index in [1.54, 1.807) is 0 Å². The lowest BCUT2D eigenvalue weighted by Crippen LogP contribution is -1.86. The Labute approximate surface area is 200 Å². The largest absolute Gasteiger partial charge is 0.256 e. The van der Waals surface area contributed by atoms with E-state index in [1.807, 2.05) is 6.20 Å². The van der Waals surface area contributed by atoms with Crippen LogP contribution in [-0.4, -0.2) is 4.98 Å². The molecule has 0 fully saturated rings. The van der Waals surface area contributed by atoms with Crippen molar-refractivity contribution in [2.45, 2.75) is 13.3 Å². The van der Waals surface area contributed by atoms with Gasteiger partial charge >= 0.3 is 0 Å². The molecule has 5 aromatic carbocycles. The van der Waals surface area contributed by atoms with Crippen molar-refractivity contribution in [1.82, 2.24) is 4.98 Å². The maximum absolute atomic E-state index is 4.79. The normalized spacial score (nSPS) is 11.2. The van der Waals surface area contributed by atoms with E-state index in [0.717, 1.165) is 22.9 Å². The molecule has 0 N–H and O–H groups in total. The molecule has 0 amide bonds. The number of nitrogens with zero attached hydrogens (tertiary/aromatic N) is 1. The molecule has 162 valence electrons. The number of benzene rings is 5. The first-order valence-corrected chi connectivity index (χ1v) is 11.9. The summed E-state index contributed by atoms with van der Waals surface area (Å²) in [6.45, 7) is 2.18. The van der Waals surface area contributed by atoms with Crippen molar-refractivity contribution in [3.05, 3.63) is 127 Å². The molecule has 0 radical (unpaired) electrons. The second-order valence-corrected chi connectivity index (χ2v) is 8.82. The van der Waals surface area contributed by atoms with E-state index < -0.39 is 0 Å². The van der Waals surface area contributed by atoms with Crippen molar-refractivity contribution < 1.29 is 0 Å². The van der Waals surface area contributed by atoms with E-state index in [1.165, 1.54) is 44.2 Å². The fraction of sp³-hybridized carbons (Fsp3) is 0.0606. The van der Waals surface area contributed by atoms with Crippen LogP contribution in [0.5, 0.6) is 0 Å². The van der Waals surface area contributed by atoms with E-state index in [9.17, 15) is 0 Å². The Hall–Kier alpha value is -4.23. The molecule has 0 aliphatic heterocycles. The fourth-order valence-electron chi connectivity index (χ4n) is 4.62. The highest BCUT2D eigenvalue weighted by Gasteiger charge is 2.06. The first-order chi connectivity index (χ1) is 16.8. The van der Waals surface area contributed by atoms with Crippen molar-refractivity contribution >= 4 is 21.7 Å². The van der Waals surface area contributed by atoms with Crippen molar-refractivity contribution in [3.8, 4) is 33.4 Å². The smallest absolute Gasteiger partial charge is 0.0708 e. The van der Waals surface area contributed by atoms with Gasteiger partial charge < -0.3 is 0 Å². The number of hydrogen-bond acceptors (Lipinski definition) is 1. The Kier molecular flexibility index (Phi) is 5.16. The van der Waals surface area contributed by atoms with E-state index in [0.29, 0.717) is 0 Å². The second-order valence-electron chi connectivity index (χ2n) is 8.82. The van der Waals surface area contributed by atoms with Crippen LogP contribution < -0.4 is 0 Å². The number of fused-ring (bicyclic) bond motifs is 2. The number of pyridine rings is 1. The molecule has 0 bridgehead atoms. The van der Waals surface area contributed by atoms with Crippen molar-refractivity contribution in [3.63, 3.8) is 0 Å². The topological polar surface area (TPSA) is 12.9 Å². The van der Waals surface area contributed by atoms with Gasteiger partial charge in [-0.3, -0.25) is 4.98 Å². The number of aromatic nitrogens is 1. The Balaban J connectivity index is 1.29. The van der Waals surface area contributed by atoms with Crippen LogP contribution in [0, 0.1) is 0 Å². The molecule has 1 heterocycles. The highest BCUT2D eigenvalue weighted by molar-refractivity contribution is 5.89. The van der Waals surface area contributed by atoms with Crippen LogP contribution in [0.4, 0.5) is 0 Å². The van der Waals surface area contributed by atoms with Crippen LogP contribution >= 0.6 is 0 Å². The monoisotopic (exact) mass is 435 g/mol. The third kappa shape index (κ3) is 3.86. The van der Waals surface area contributed by atoms with Crippen LogP contribution in [0.25, 0.3) is 55.1 Å². The molecule has 0 atom stereocenters. The van der Waals surface area contributed by atoms with Gasteiger partial charge in [-0.25, -0.2) is 0 Å². The first-order valence-electron chi connectivity index (χ1n) is 11.9. The maximum atomic E-state index is 4.79. The van der Waals surface area contributed by atoms with Crippen molar-refractivity contribution in [2.75, 3.05) is 0 Å². The standard InChI is InChI=1S/C33H25N/c1-2-23-7-9-25(10-8-23)30-17-18-31-20-32(22-34-33(31)21-30)27-13-11-26(12-14-27)29-16-15-24-5-3-4-6-28(24)19-29/h3-22H,2H2,1H3. The summed E-state index contributed by atoms with van der Waals surface area (Å²) in [5.74, 6) is 0. The summed E-state index contributed by atoms with van der Waals surface area (Å²) in [6, 6.07) is 41.5. The first kappa shape index (κ1) is 20.4. The Bertz CT molecular complexity index is 1610. The molecule has 1 nitrogen and oxygen atoms in total. The SMILES string of the molecule is CCc1ccc(-c2ccc3cc(-c4ccc(-c5ccc6ccccc6c5)cc4)cnc3c2)cc1. The molecule has 0 saturated heterocycles. The lowest BCUT2D eigenvalue weighted by Gasteiger charge is -2.08. The molecule has 0 aliphatic rings. The summed E-state index contributed by atoms with van der Waals surface area (Å²) in [6.07, 6.45) is 3.04. The quantitative estimate of drug-likeness (QED) is 0.269. The highest BCUT2D eigenvalue weighted by atomic mass is 14.6. The zero-order valence-electron chi connectivity index (χ0n) is 19.2. The molecule has 6 rings (SSSR count). The fourth-order valence-corrected chi connectivity index (χ4v) is 4.62. The number of aryl methyl sites for hydroxylation is 1. The molecule has 6 aromatic rings. The van der Waals surface area contributed by atoms with Gasteiger partial charge in [0, 0.05) is 17.1 Å². The summed E-state index contributed by atoms with van der Waals surface area (Å²) in [5.41, 5.74) is 9.59. The predicted octanol–water partition coefficient (Wildman–Crippen LogP) is 8.95. The van der Waals surface area contributed by atoms with Crippen molar-refractivity contribution in [2.24, 2.45) is 0 Å². The van der Waals surface area contributed by atoms with E-state index in [4.69, 9.17) is 4.98 Å². The summed E-state index contributed by atoms with van der Waals surface area (Å²) in [7, 11) is 0. The lowest BCUT2D eigenvalue weighted by atomic mass is 9.98. The van der Waals surface area contributed by atoms with Crippen LogP contribution in [0.1, 0.15) is 12.5 Å². The Morgan fingerprint density at radius 3 is 1.71 bits per heavy atom. The Morgan fingerprint density at radius 1 is 0.471 bits per heavy atom. The van der Waals surface area contributed by atoms with Gasteiger partial charge in [-0.1, -0.05) is 104 Å². The molecule has 0 unspecified atom stereocenters. The van der Waals surface area contributed by atoms with Crippen molar-refractivity contribution in [1.29, 1.82) is 0 Å². The summed E-state index contributed by atoms with van der Waals surface area (Å²) >= 11 is 0. The molecular formula is C33H25N. The van der Waals surface area contributed by atoms with Gasteiger partial charge in [0.15, 0.2) is 0 Å².